The van der Waals surface area contributed by atoms with Gasteiger partial charge in [0.1, 0.15) is 0 Å². The number of benzene rings is 2. The molecule has 0 radical (unpaired) electrons. The zero-order valence-electron chi connectivity index (χ0n) is 15.4. The summed E-state index contributed by atoms with van der Waals surface area (Å²) >= 11 is 1.14. The van der Waals surface area contributed by atoms with Crippen LogP contribution >= 0.6 is 11.8 Å². The molecule has 0 bridgehead atoms. The Balaban J connectivity index is 1.55. The second kappa shape index (κ2) is 9.18. The number of carbonyl (C=O) groups excluding carboxylic acids is 2. The Labute approximate surface area is 166 Å². The van der Waals surface area contributed by atoms with E-state index in [-0.39, 0.29) is 17.8 Å². The van der Waals surface area contributed by atoms with E-state index < -0.39 is 5.97 Å². The fourth-order valence-electron chi connectivity index (χ4n) is 2.30. The van der Waals surface area contributed by atoms with Crippen molar-refractivity contribution in [2.75, 3.05) is 11.1 Å². The molecular formula is C20H19N3O4S. The van der Waals surface area contributed by atoms with Crippen molar-refractivity contribution in [1.82, 2.24) is 10.2 Å². The summed E-state index contributed by atoms with van der Waals surface area (Å²) in [7, 11) is 0. The predicted octanol–water partition coefficient (Wildman–Crippen LogP) is 4.03. The Morgan fingerprint density at radius 1 is 1.11 bits per heavy atom. The molecule has 0 saturated carbocycles. The number of nitrogens with zero attached hydrogens (tertiary/aromatic N) is 2. The summed E-state index contributed by atoms with van der Waals surface area (Å²) in [4.78, 5) is 24.1. The van der Waals surface area contributed by atoms with Crippen molar-refractivity contribution >= 4 is 29.3 Å². The van der Waals surface area contributed by atoms with Crippen molar-refractivity contribution in [2.45, 2.75) is 25.2 Å². The second-order valence-corrected chi connectivity index (χ2v) is 7.04. The molecule has 0 aliphatic rings. The van der Waals surface area contributed by atoms with Crippen LogP contribution in [0, 0.1) is 0 Å². The van der Waals surface area contributed by atoms with Gasteiger partial charge in [0.05, 0.1) is 17.4 Å². The van der Waals surface area contributed by atoms with Gasteiger partial charge in [-0.25, -0.2) is 4.79 Å². The second-order valence-electron chi connectivity index (χ2n) is 6.11. The Morgan fingerprint density at radius 2 is 1.89 bits per heavy atom. The average molecular weight is 397 g/mol. The number of esters is 1. The highest BCUT2D eigenvalue weighted by atomic mass is 32.2. The largest absolute Gasteiger partial charge is 0.459 e. The summed E-state index contributed by atoms with van der Waals surface area (Å²) in [6.45, 7) is 3.56. The minimum Gasteiger partial charge on any atom is -0.459 e. The third-order valence-electron chi connectivity index (χ3n) is 3.48. The minimum atomic E-state index is -0.431. The molecule has 2 aromatic carbocycles. The number of carbonyl (C=O) groups is 2. The lowest BCUT2D eigenvalue weighted by Crippen LogP contribution is -2.15. The number of rotatable bonds is 7. The van der Waals surface area contributed by atoms with Gasteiger partial charge in [0.15, 0.2) is 0 Å². The molecule has 1 aromatic heterocycles. The van der Waals surface area contributed by atoms with Gasteiger partial charge in [-0.3, -0.25) is 4.79 Å². The third kappa shape index (κ3) is 5.43. The first-order valence-electron chi connectivity index (χ1n) is 8.64. The van der Waals surface area contributed by atoms with Gasteiger partial charge in [-0.05, 0) is 44.2 Å². The Kier molecular flexibility index (Phi) is 6.44. The lowest BCUT2D eigenvalue weighted by molar-refractivity contribution is -0.113. The van der Waals surface area contributed by atoms with Crippen molar-refractivity contribution in [2.24, 2.45) is 0 Å². The van der Waals surface area contributed by atoms with E-state index in [4.69, 9.17) is 9.15 Å². The van der Waals surface area contributed by atoms with Crippen molar-refractivity contribution < 1.29 is 18.7 Å². The van der Waals surface area contributed by atoms with Crippen LogP contribution in [0.5, 0.6) is 0 Å². The maximum absolute atomic E-state index is 12.2. The predicted molar refractivity (Wildman–Crippen MR) is 106 cm³/mol. The van der Waals surface area contributed by atoms with Gasteiger partial charge in [-0.2, -0.15) is 0 Å². The van der Waals surface area contributed by atoms with E-state index in [0.29, 0.717) is 22.4 Å². The van der Waals surface area contributed by atoms with Crippen LogP contribution in [0.1, 0.15) is 24.2 Å². The summed E-state index contributed by atoms with van der Waals surface area (Å²) in [5, 5.41) is 11.0. The van der Waals surface area contributed by atoms with E-state index in [2.05, 4.69) is 15.5 Å². The summed E-state index contributed by atoms with van der Waals surface area (Å²) in [6, 6.07) is 16.0. The van der Waals surface area contributed by atoms with Gasteiger partial charge < -0.3 is 14.5 Å². The number of hydrogen-bond donors (Lipinski definition) is 1. The zero-order chi connectivity index (χ0) is 19.9. The maximum atomic E-state index is 12.2. The number of anilines is 1. The molecule has 0 saturated heterocycles. The molecule has 0 unspecified atom stereocenters. The van der Waals surface area contributed by atoms with Crippen LogP contribution in [0.25, 0.3) is 11.5 Å². The molecule has 1 amide bonds. The van der Waals surface area contributed by atoms with Crippen molar-refractivity contribution in [3.05, 3.63) is 60.2 Å². The van der Waals surface area contributed by atoms with Crippen molar-refractivity contribution in [1.29, 1.82) is 0 Å². The maximum Gasteiger partial charge on any atom is 0.338 e. The van der Waals surface area contributed by atoms with E-state index in [1.54, 1.807) is 38.1 Å². The van der Waals surface area contributed by atoms with Gasteiger partial charge in [-0.1, -0.05) is 36.0 Å². The fraction of sp³-hybridized carbons (Fsp3) is 0.200. The number of amides is 1. The van der Waals surface area contributed by atoms with Gasteiger partial charge >= 0.3 is 5.97 Å². The highest BCUT2D eigenvalue weighted by molar-refractivity contribution is 7.99. The Bertz CT molecular complexity index is 957. The molecular weight excluding hydrogens is 378 g/mol. The monoisotopic (exact) mass is 397 g/mol. The summed E-state index contributed by atoms with van der Waals surface area (Å²) in [5.41, 5.74) is 1.71. The molecule has 0 fully saturated rings. The molecule has 7 nitrogen and oxygen atoms in total. The van der Waals surface area contributed by atoms with Crippen LogP contribution < -0.4 is 5.32 Å². The summed E-state index contributed by atoms with van der Waals surface area (Å²) in [6.07, 6.45) is -0.211. The lowest BCUT2D eigenvalue weighted by atomic mass is 10.2. The number of nitrogens with one attached hydrogen (secondary N) is 1. The van der Waals surface area contributed by atoms with Crippen molar-refractivity contribution in [3.63, 3.8) is 0 Å². The van der Waals surface area contributed by atoms with Crippen LogP contribution in [-0.4, -0.2) is 33.9 Å². The van der Waals surface area contributed by atoms with Crippen molar-refractivity contribution in [3.8, 4) is 11.5 Å². The molecule has 8 heteroatoms. The first-order valence-corrected chi connectivity index (χ1v) is 9.62. The SMILES string of the molecule is CC(C)OC(=O)c1cccc(NC(=O)CSc2nnc(-c3ccccc3)o2)c1. The topological polar surface area (TPSA) is 94.3 Å². The fourth-order valence-corrected chi connectivity index (χ4v) is 2.86. The molecule has 0 atom stereocenters. The Hall–Kier alpha value is -3.13. The molecule has 1 N–H and O–H groups in total. The summed E-state index contributed by atoms with van der Waals surface area (Å²) < 4.78 is 10.7. The van der Waals surface area contributed by atoms with E-state index in [9.17, 15) is 9.59 Å². The highest BCUT2D eigenvalue weighted by Crippen LogP contribution is 2.23. The number of hydrogen-bond acceptors (Lipinski definition) is 7. The van der Waals surface area contributed by atoms with E-state index in [0.717, 1.165) is 17.3 Å². The zero-order valence-corrected chi connectivity index (χ0v) is 16.2. The van der Waals surface area contributed by atoms with Gasteiger partial charge in [-0.15, -0.1) is 10.2 Å². The van der Waals surface area contributed by atoms with Crippen LogP contribution in [-0.2, 0) is 9.53 Å². The molecule has 0 spiro atoms. The summed E-state index contributed by atoms with van der Waals surface area (Å²) in [5.74, 6) is -0.185. The van der Waals surface area contributed by atoms with E-state index in [1.807, 2.05) is 30.3 Å². The normalized spacial score (nSPS) is 10.7. The van der Waals surface area contributed by atoms with E-state index >= 15 is 0 Å². The van der Waals surface area contributed by atoms with Crippen LogP contribution in [0.2, 0.25) is 0 Å². The molecule has 0 aliphatic carbocycles. The average Bonchev–Trinajstić information content (AvgIpc) is 3.16. The van der Waals surface area contributed by atoms with E-state index in [1.165, 1.54) is 0 Å². The number of aromatic nitrogens is 2. The van der Waals surface area contributed by atoms with Gasteiger partial charge in [0.25, 0.3) is 5.22 Å². The molecule has 1 heterocycles. The van der Waals surface area contributed by atoms with Crippen LogP contribution in [0.3, 0.4) is 0 Å². The smallest absolute Gasteiger partial charge is 0.338 e. The molecule has 3 rings (SSSR count). The minimum absolute atomic E-state index is 0.0943. The molecule has 0 aliphatic heterocycles. The number of thioether (sulfide) groups is 1. The third-order valence-corrected chi connectivity index (χ3v) is 4.30. The van der Waals surface area contributed by atoms with Gasteiger partial charge in [0.2, 0.25) is 11.8 Å². The first-order chi connectivity index (χ1) is 13.5. The standard InChI is InChI=1S/C20H19N3O4S/c1-13(2)26-19(25)15-9-6-10-16(11-15)21-17(24)12-28-20-23-22-18(27-20)14-7-4-3-5-8-14/h3-11,13H,12H2,1-2H3,(H,21,24). The first kappa shape index (κ1) is 19.6. The quantitative estimate of drug-likeness (QED) is 0.475. The van der Waals surface area contributed by atoms with Crippen LogP contribution in [0.15, 0.2) is 64.2 Å². The molecule has 28 heavy (non-hydrogen) atoms. The Morgan fingerprint density at radius 3 is 2.64 bits per heavy atom. The molecule has 144 valence electrons. The highest BCUT2D eigenvalue weighted by Gasteiger charge is 2.13. The van der Waals surface area contributed by atoms with Gasteiger partial charge in [0, 0.05) is 11.3 Å². The number of ether oxygens (including phenoxy) is 1. The van der Waals surface area contributed by atoms with Crippen LogP contribution in [0.4, 0.5) is 5.69 Å². The lowest BCUT2D eigenvalue weighted by Gasteiger charge is -2.09. The molecule has 3 aromatic rings.